The van der Waals surface area contributed by atoms with E-state index in [2.05, 4.69) is 29.8 Å². The molecule has 0 bridgehead atoms. The van der Waals surface area contributed by atoms with Crippen molar-refractivity contribution in [3.8, 4) is 0 Å². The SMILES string of the molecule is CCOC(CCNC(C)Cc1cccs1)OCC. The summed E-state index contributed by atoms with van der Waals surface area (Å²) in [6.07, 6.45) is 1.92. The molecule has 0 radical (unpaired) electrons. The fraction of sp³-hybridized carbons (Fsp3) is 0.714. The zero-order chi connectivity index (χ0) is 13.2. The lowest BCUT2D eigenvalue weighted by Crippen LogP contribution is -2.32. The first-order valence-corrected chi connectivity index (χ1v) is 7.63. The molecule has 0 aromatic carbocycles. The number of thiophene rings is 1. The second kappa shape index (κ2) is 9.50. The van der Waals surface area contributed by atoms with Gasteiger partial charge in [-0.05, 0) is 38.6 Å². The molecule has 0 amide bonds. The van der Waals surface area contributed by atoms with E-state index in [9.17, 15) is 0 Å². The smallest absolute Gasteiger partial charge is 0.158 e. The van der Waals surface area contributed by atoms with Crippen LogP contribution >= 0.6 is 11.3 Å². The summed E-state index contributed by atoms with van der Waals surface area (Å²) >= 11 is 1.82. The van der Waals surface area contributed by atoms with E-state index >= 15 is 0 Å². The predicted octanol–water partition coefficient (Wildman–Crippen LogP) is 3.06. The number of ether oxygens (including phenoxy) is 2. The summed E-state index contributed by atoms with van der Waals surface area (Å²) in [5.41, 5.74) is 0. The average Bonchev–Trinajstić information content (AvgIpc) is 2.82. The molecule has 1 aromatic heterocycles. The van der Waals surface area contributed by atoms with Crippen LogP contribution in [0.1, 0.15) is 32.1 Å². The Morgan fingerprint density at radius 1 is 1.28 bits per heavy atom. The van der Waals surface area contributed by atoms with Crippen molar-refractivity contribution in [3.63, 3.8) is 0 Å². The molecule has 1 N–H and O–H groups in total. The average molecular weight is 271 g/mol. The molecule has 4 heteroatoms. The predicted molar refractivity (Wildman–Crippen MR) is 77.1 cm³/mol. The van der Waals surface area contributed by atoms with Gasteiger partial charge in [0.05, 0.1) is 0 Å². The van der Waals surface area contributed by atoms with Crippen LogP contribution in [0.5, 0.6) is 0 Å². The molecule has 18 heavy (non-hydrogen) atoms. The van der Waals surface area contributed by atoms with Crippen molar-refractivity contribution in [2.45, 2.75) is 45.9 Å². The molecule has 0 aliphatic carbocycles. The summed E-state index contributed by atoms with van der Waals surface area (Å²) < 4.78 is 11.0. The molecule has 0 spiro atoms. The van der Waals surface area contributed by atoms with Gasteiger partial charge >= 0.3 is 0 Å². The zero-order valence-electron chi connectivity index (χ0n) is 11.6. The van der Waals surface area contributed by atoms with Crippen LogP contribution in [0.4, 0.5) is 0 Å². The molecule has 1 atom stereocenters. The molecule has 0 saturated carbocycles. The van der Waals surface area contributed by atoms with Crippen molar-refractivity contribution in [2.24, 2.45) is 0 Å². The van der Waals surface area contributed by atoms with Gasteiger partial charge in [-0.15, -0.1) is 11.3 Å². The van der Waals surface area contributed by atoms with Crippen LogP contribution in [-0.4, -0.2) is 32.1 Å². The highest BCUT2D eigenvalue weighted by Gasteiger charge is 2.09. The van der Waals surface area contributed by atoms with Gasteiger partial charge in [0, 0.05) is 37.1 Å². The lowest BCUT2D eigenvalue weighted by atomic mass is 10.2. The van der Waals surface area contributed by atoms with Gasteiger partial charge in [0.25, 0.3) is 0 Å². The van der Waals surface area contributed by atoms with Crippen molar-refractivity contribution in [2.75, 3.05) is 19.8 Å². The summed E-state index contributed by atoms with van der Waals surface area (Å²) in [7, 11) is 0. The van der Waals surface area contributed by atoms with Gasteiger partial charge in [0.1, 0.15) is 0 Å². The van der Waals surface area contributed by atoms with Gasteiger partial charge in [-0.2, -0.15) is 0 Å². The summed E-state index contributed by atoms with van der Waals surface area (Å²) in [5, 5.41) is 5.64. The third kappa shape index (κ3) is 6.50. The molecule has 1 unspecified atom stereocenters. The first-order chi connectivity index (χ1) is 8.76. The number of nitrogens with one attached hydrogen (secondary N) is 1. The standard InChI is InChI=1S/C14H25NO2S/c1-4-16-14(17-5-2)8-9-15-12(3)11-13-7-6-10-18-13/h6-7,10,12,14-15H,4-5,8-9,11H2,1-3H3. The molecule has 1 aromatic rings. The summed E-state index contributed by atoms with van der Waals surface area (Å²) in [6.45, 7) is 8.55. The number of rotatable bonds is 10. The van der Waals surface area contributed by atoms with Crippen LogP contribution in [0.25, 0.3) is 0 Å². The van der Waals surface area contributed by atoms with E-state index in [1.165, 1.54) is 4.88 Å². The number of hydrogen-bond donors (Lipinski definition) is 1. The van der Waals surface area contributed by atoms with Gasteiger partial charge < -0.3 is 14.8 Å². The Morgan fingerprint density at radius 3 is 2.56 bits per heavy atom. The highest BCUT2D eigenvalue weighted by atomic mass is 32.1. The van der Waals surface area contributed by atoms with Crippen LogP contribution in [0.3, 0.4) is 0 Å². The van der Waals surface area contributed by atoms with Crippen molar-refractivity contribution in [1.29, 1.82) is 0 Å². The summed E-state index contributed by atoms with van der Waals surface area (Å²) in [4.78, 5) is 1.43. The molecule has 0 aliphatic heterocycles. The highest BCUT2D eigenvalue weighted by molar-refractivity contribution is 7.09. The van der Waals surface area contributed by atoms with E-state index in [4.69, 9.17) is 9.47 Å². The topological polar surface area (TPSA) is 30.5 Å². The fourth-order valence-corrected chi connectivity index (χ4v) is 2.67. The maximum absolute atomic E-state index is 5.51. The van der Waals surface area contributed by atoms with E-state index in [-0.39, 0.29) is 6.29 Å². The Kier molecular flexibility index (Phi) is 8.25. The molecular weight excluding hydrogens is 246 g/mol. The summed E-state index contributed by atoms with van der Waals surface area (Å²) in [6, 6.07) is 4.78. The van der Waals surface area contributed by atoms with Gasteiger partial charge in [0.2, 0.25) is 0 Å². The summed E-state index contributed by atoms with van der Waals surface area (Å²) in [5.74, 6) is 0. The molecule has 1 heterocycles. The van der Waals surface area contributed by atoms with Crippen LogP contribution in [0.15, 0.2) is 17.5 Å². The zero-order valence-corrected chi connectivity index (χ0v) is 12.5. The minimum atomic E-state index is -0.0681. The van der Waals surface area contributed by atoms with Crippen molar-refractivity contribution in [1.82, 2.24) is 5.32 Å². The first kappa shape index (κ1) is 15.6. The van der Waals surface area contributed by atoms with E-state index in [1.54, 1.807) is 0 Å². The Balaban J connectivity index is 2.15. The molecular formula is C14H25NO2S. The lowest BCUT2D eigenvalue weighted by Gasteiger charge is -2.19. The second-order valence-electron chi connectivity index (χ2n) is 4.27. The third-order valence-corrected chi connectivity index (χ3v) is 3.56. The monoisotopic (exact) mass is 271 g/mol. The van der Waals surface area contributed by atoms with Crippen molar-refractivity contribution < 1.29 is 9.47 Å². The molecule has 0 fully saturated rings. The normalized spacial score (nSPS) is 13.1. The van der Waals surface area contributed by atoms with Crippen molar-refractivity contribution >= 4 is 11.3 Å². The van der Waals surface area contributed by atoms with Crippen LogP contribution in [-0.2, 0) is 15.9 Å². The maximum atomic E-state index is 5.51. The van der Waals surface area contributed by atoms with Crippen LogP contribution in [0.2, 0.25) is 0 Å². The van der Waals surface area contributed by atoms with Crippen LogP contribution in [0, 0.1) is 0 Å². The Bertz CT molecular complexity index is 284. The molecule has 104 valence electrons. The van der Waals surface area contributed by atoms with Gasteiger partial charge in [-0.25, -0.2) is 0 Å². The lowest BCUT2D eigenvalue weighted by molar-refractivity contribution is -0.138. The Hall–Kier alpha value is -0.420. The maximum Gasteiger partial charge on any atom is 0.158 e. The van der Waals surface area contributed by atoms with Crippen LogP contribution < -0.4 is 5.32 Å². The highest BCUT2D eigenvalue weighted by Crippen LogP contribution is 2.11. The van der Waals surface area contributed by atoms with Gasteiger partial charge in [0.15, 0.2) is 6.29 Å². The molecule has 0 aliphatic rings. The van der Waals surface area contributed by atoms with Gasteiger partial charge in [-0.3, -0.25) is 0 Å². The quantitative estimate of drug-likeness (QED) is 0.663. The molecule has 0 saturated heterocycles. The van der Waals surface area contributed by atoms with E-state index in [0.717, 1.165) is 19.4 Å². The minimum Gasteiger partial charge on any atom is -0.353 e. The van der Waals surface area contributed by atoms with E-state index < -0.39 is 0 Å². The molecule has 3 nitrogen and oxygen atoms in total. The van der Waals surface area contributed by atoms with Gasteiger partial charge in [-0.1, -0.05) is 6.07 Å². The minimum absolute atomic E-state index is 0.0681. The fourth-order valence-electron chi connectivity index (χ4n) is 1.84. The second-order valence-corrected chi connectivity index (χ2v) is 5.30. The van der Waals surface area contributed by atoms with Crippen molar-refractivity contribution in [3.05, 3.63) is 22.4 Å². The molecule has 1 rings (SSSR count). The third-order valence-electron chi connectivity index (χ3n) is 2.67. The Labute approximate surface area is 114 Å². The van der Waals surface area contributed by atoms with E-state index in [0.29, 0.717) is 19.3 Å². The largest absolute Gasteiger partial charge is 0.353 e. The number of hydrogen-bond acceptors (Lipinski definition) is 4. The Morgan fingerprint density at radius 2 is 2.00 bits per heavy atom. The first-order valence-electron chi connectivity index (χ1n) is 6.75. The van der Waals surface area contributed by atoms with E-state index in [1.807, 2.05) is 25.2 Å².